The summed E-state index contributed by atoms with van der Waals surface area (Å²) in [5.41, 5.74) is 0.900. The molecule has 1 aromatic heterocycles. The summed E-state index contributed by atoms with van der Waals surface area (Å²) in [5.74, 6) is 1.35. The molecule has 2 atom stereocenters. The summed E-state index contributed by atoms with van der Waals surface area (Å²) in [6.45, 7) is 3.32. The average molecular weight is 422 g/mol. The lowest BCUT2D eigenvalue weighted by atomic mass is 10.1. The Balaban J connectivity index is 1.62. The first-order chi connectivity index (χ1) is 13.0. The van der Waals surface area contributed by atoms with Crippen molar-refractivity contribution in [2.24, 2.45) is 0 Å². The minimum Gasteiger partial charge on any atom is -0.457 e. The molecule has 27 heavy (non-hydrogen) atoms. The lowest BCUT2D eigenvalue weighted by Gasteiger charge is -2.29. The van der Waals surface area contributed by atoms with Crippen molar-refractivity contribution in [3.05, 3.63) is 70.7 Å². The van der Waals surface area contributed by atoms with Crippen LogP contribution in [0, 0.1) is 0 Å². The normalized spacial score (nSPS) is 22.1. The summed E-state index contributed by atoms with van der Waals surface area (Å²) < 4.78 is 13.8. The van der Waals surface area contributed by atoms with Gasteiger partial charge in [-0.25, -0.2) is 9.67 Å². The lowest BCUT2D eigenvalue weighted by molar-refractivity contribution is 0.0284. The zero-order valence-corrected chi connectivity index (χ0v) is 16.8. The van der Waals surface area contributed by atoms with Crippen LogP contribution >= 0.6 is 35.0 Å². The van der Waals surface area contributed by atoms with Crippen LogP contribution in [0.1, 0.15) is 12.5 Å². The highest BCUT2D eigenvalue weighted by Gasteiger charge is 2.43. The van der Waals surface area contributed by atoms with Gasteiger partial charge in [0.15, 0.2) is 4.93 Å². The molecule has 2 unspecified atom stereocenters. The Morgan fingerprint density at radius 2 is 2.00 bits per heavy atom. The molecule has 5 nitrogen and oxygen atoms in total. The van der Waals surface area contributed by atoms with E-state index in [1.54, 1.807) is 34.9 Å². The molecule has 1 saturated heterocycles. The van der Waals surface area contributed by atoms with Crippen LogP contribution in [-0.2, 0) is 16.2 Å². The topological polar surface area (TPSA) is 49.2 Å². The zero-order chi connectivity index (χ0) is 18.9. The molecule has 1 aliphatic heterocycles. The number of ether oxygens (including phenoxy) is 2. The Morgan fingerprint density at radius 1 is 1.22 bits per heavy atom. The highest BCUT2D eigenvalue weighted by Crippen LogP contribution is 2.49. The Kier molecular flexibility index (Phi) is 5.32. The minimum atomic E-state index is -0.608. The van der Waals surface area contributed by atoms with E-state index in [0.717, 1.165) is 5.56 Å². The second-order valence-corrected chi connectivity index (χ2v) is 8.83. The second kappa shape index (κ2) is 7.72. The summed E-state index contributed by atoms with van der Waals surface area (Å²) in [4.78, 5) is 3.41. The number of nitrogens with zero attached hydrogens (tertiary/aromatic N) is 3. The Hall–Kier alpha value is -1.73. The molecule has 8 heteroatoms. The van der Waals surface area contributed by atoms with E-state index in [2.05, 4.69) is 17.0 Å². The molecule has 1 fully saturated rings. The van der Waals surface area contributed by atoms with Gasteiger partial charge >= 0.3 is 0 Å². The molecule has 3 aromatic rings. The fourth-order valence-corrected chi connectivity index (χ4v) is 4.93. The Morgan fingerprint density at radius 3 is 2.63 bits per heavy atom. The zero-order valence-electron chi connectivity index (χ0n) is 14.5. The van der Waals surface area contributed by atoms with E-state index < -0.39 is 4.93 Å². The van der Waals surface area contributed by atoms with Crippen molar-refractivity contribution in [1.29, 1.82) is 0 Å². The van der Waals surface area contributed by atoms with E-state index >= 15 is 0 Å². The summed E-state index contributed by atoms with van der Waals surface area (Å²) in [6.07, 6.45) is 3.20. The number of benzene rings is 2. The van der Waals surface area contributed by atoms with Gasteiger partial charge in [0.25, 0.3) is 0 Å². The van der Waals surface area contributed by atoms with Crippen LogP contribution in [0.5, 0.6) is 11.5 Å². The molecule has 2 heterocycles. The number of hydrogen-bond acceptors (Lipinski definition) is 5. The van der Waals surface area contributed by atoms with E-state index in [4.69, 9.17) is 32.7 Å². The Labute approximate surface area is 171 Å². The van der Waals surface area contributed by atoms with Crippen molar-refractivity contribution in [3.63, 3.8) is 0 Å². The van der Waals surface area contributed by atoms with Crippen LogP contribution < -0.4 is 4.74 Å². The van der Waals surface area contributed by atoms with Crippen molar-refractivity contribution in [2.75, 3.05) is 6.61 Å². The van der Waals surface area contributed by atoms with Gasteiger partial charge in [-0.2, -0.15) is 5.10 Å². The minimum absolute atomic E-state index is 0.356. The van der Waals surface area contributed by atoms with E-state index in [9.17, 15) is 0 Å². The van der Waals surface area contributed by atoms with Gasteiger partial charge in [-0.15, -0.1) is 11.8 Å². The molecule has 0 aliphatic carbocycles. The maximum atomic E-state index is 6.64. The fourth-order valence-electron chi connectivity index (χ4n) is 2.99. The van der Waals surface area contributed by atoms with Gasteiger partial charge in [-0.05, 0) is 42.5 Å². The van der Waals surface area contributed by atoms with E-state index in [-0.39, 0.29) is 0 Å². The van der Waals surface area contributed by atoms with Gasteiger partial charge < -0.3 is 9.47 Å². The second-order valence-electron chi connectivity index (χ2n) is 6.28. The van der Waals surface area contributed by atoms with E-state index in [1.807, 2.05) is 30.3 Å². The molecule has 0 radical (unpaired) electrons. The predicted molar refractivity (Wildman–Crippen MR) is 108 cm³/mol. The third-order valence-electron chi connectivity index (χ3n) is 4.18. The standard InChI is InChI=1S/C19H17Cl2N3O2S/c1-13-9-25-19(27-13,10-24-12-22-11-23-24)17-7-6-16(8-18(17)21)26-15-4-2-14(20)3-5-15/h2-8,11-13H,9-10H2,1H3. The van der Waals surface area contributed by atoms with Crippen molar-refractivity contribution < 1.29 is 9.47 Å². The molecule has 0 spiro atoms. The molecule has 0 N–H and O–H groups in total. The Bertz CT molecular complexity index is 921. The molecule has 2 aromatic carbocycles. The van der Waals surface area contributed by atoms with Gasteiger partial charge in [0.05, 0.1) is 18.2 Å². The molecule has 0 amide bonds. The smallest absolute Gasteiger partial charge is 0.160 e. The third-order valence-corrected chi connectivity index (χ3v) is 6.13. The first-order valence-corrected chi connectivity index (χ1v) is 10.1. The summed E-state index contributed by atoms with van der Waals surface area (Å²) in [6, 6.07) is 12.8. The van der Waals surface area contributed by atoms with Gasteiger partial charge in [-0.1, -0.05) is 30.1 Å². The van der Waals surface area contributed by atoms with Crippen molar-refractivity contribution in [2.45, 2.75) is 23.7 Å². The van der Waals surface area contributed by atoms with Gasteiger partial charge in [0, 0.05) is 15.8 Å². The van der Waals surface area contributed by atoms with Crippen LogP contribution in [0.25, 0.3) is 0 Å². The monoisotopic (exact) mass is 421 g/mol. The van der Waals surface area contributed by atoms with Crippen LogP contribution in [0.15, 0.2) is 55.1 Å². The third kappa shape index (κ3) is 4.09. The molecule has 4 rings (SSSR count). The van der Waals surface area contributed by atoms with Crippen LogP contribution in [0.4, 0.5) is 0 Å². The number of aromatic nitrogens is 3. The maximum Gasteiger partial charge on any atom is 0.160 e. The van der Waals surface area contributed by atoms with Gasteiger partial charge in [0.1, 0.15) is 24.2 Å². The largest absolute Gasteiger partial charge is 0.457 e. The highest BCUT2D eigenvalue weighted by atomic mass is 35.5. The SMILES string of the molecule is CC1COC(Cn2cncn2)(c2ccc(Oc3ccc(Cl)cc3)cc2Cl)S1. The van der Waals surface area contributed by atoms with Crippen LogP contribution in [-0.4, -0.2) is 26.6 Å². The van der Waals surface area contributed by atoms with E-state index in [0.29, 0.717) is 39.9 Å². The highest BCUT2D eigenvalue weighted by molar-refractivity contribution is 8.00. The first kappa shape index (κ1) is 18.6. The summed E-state index contributed by atoms with van der Waals surface area (Å²) in [5, 5.41) is 5.82. The molecule has 0 saturated carbocycles. The summed E-state index contributed by atoms with van der Waals surface area (Å²) in [7, 11) is 0. The van der Waals surface area contributed by atoms with Crippen molar-refractivity contribution in [3.8, 4) is 11.5 Å². The van der Waals surface area contributed by atoms with Crippen molar-refractivity contribution in [1.82, 2.24) is 14.8 Å². The molecule has 140 valence electrons. The first-order valence-electron chi connectivity index (χ1n) is 8.42. The van der Waals surface area contributed by atoms with Gasteiger partial charge in [-0.3, -0.25) is 0 Å². The number of halogens is 2. The number of thioether (sulfide) groups is 1. The molecular weight excluding hydrogens is 405 g/mol. The number of rotatable bonds is 5. The average Bonchev–Trinajstić information content (AvgIpc) is 3.28. The molecular formula is C19H17Cl2N3O2S. The lowest BCUT2D eigenvalue weighted by Crippen LogP contribution is -2.28. The van der Waals surface area contributed by atoms with Gasteiger partial charge in [0.2, 0.25) is 0 Å². The fraction of sp³-hybridized carbons (Fsp3) is 0.263. The quantitative estimate of drug-likeness (QED) is 0.553. The molecule has 0 bridgehead atoms. The summed E-state index contributed by atoms with van der Waals surface area (Å²) >= 11 is 14.3. The predicted octanol–water partition coefficient (Wildman–Crippen LogP) is 5.38. The van der Waals surface area contributed by atoms with E-state index in [1.165, 1.54) is 6.33 Å². The van der Waals surface area contributed by atoms with Crippen LogP contribution in [0.3, 0.4) is 0 Å². The molecule has 1 aliphatic rings. The maximum absolute atomic E-state index is 6.64. The van der Waals surface area contributed by atoms with Crippen molar-refractivity contribution >= 4 is 35.0 Å². The number of hydrogen-bond donors (Lipinski definition) is 0. The van der Waals surface area contributed by atoms with Crippen LogP contribution in [0.2, 0.25) is 10.0 Å².